The van der Waals surface area contributed by atoms with Crippen molar-refractivity contribution in [3.05, 3.63) is 12.2 Å². The molecule has 0 aromatic heterocycles. The number of aliphatic hydroxyl groups is 4. The molecule has 2 aliphatic rings. The first kappa shape index (κ1) is 118. The van der Waals surface area contributed by atoms with Gasteiger partial charge in [0.1, 0.15) is 48.7 Å². The number of rotatable bonds is 85. The molecule has 0 radical (unpaired) electrons. The van der Waals surface area contributed by atoms with Crippen LogP contribution in [0.25, 0.3) is 0 Å². The van der Waals surface area contributed by atoms with Crippen molar-refractivity contribution in [1.29, 1.82) is 0 Å². The summed E-state index contributed by atoms with van der Waals surface area (Å²) in [6, 6.07) is -3.87. The van der Waals surface area contributed by atoms with Gasteiger partial charge in [0, 0.05) is 12.8 Å². The molecule has 14 atom stereocenters. The molecular formula is C96H180N2O25P2. The summed E-state index contributed by atoms with van der Waals surface area (Å²) in [4.78, 5) is 129. The van der Waals surface area contributed by atoms with Crippen molar-refractivity contribution >= 4 is 51.3 Å². The molecule has 2 aliphatic heterocycles. The Hall–Kier alpha value is -3.50. The SMILES string of the molecule is CCCCCC/C=C\CCCCCCCC(=O)OC(CCCCCCCCCCC)CC(=O)N[C@H]1C(OC(=O)CC(CCCCCCCCCCC)OC(=O)CCCCCCCCCCC)C(OP(=O)(O)O)C(CO)O[C@H]1OCC1OC(OP(=O)(O)O)[C@@H](NC(=O)CC(O)CCCCCCCCCCC)C(OC(=O)CC(O)CCCCCCCCCCC)[C@@H]1O. The van der Waals surface area contributed by atoms with Gasteiger partial charge >= 0.3 is 39.5 Å². The first-order chi connectivity index (χ1) is 60.3. The molecule has 0 spiro atoms. The van der Waals surface area contributed by atoms with Crippen molar-refractivity contribution < 1.29 is 120 Å². The Morgan fingerprint density at radius 3 is 1.06 bits per heavy atom. The molecule has 125 heavy (non-hydrogen) atoms. The molecule has 27 nitrogen and oxygen atoms in total. The largest absolute Gasteiger partial charge is 0.472 e. The second kappa shape index (κ2) is 77.0. The summed E-state index contributed by atoms with van der Waals surface area (Å²) < 4.78 is 80.2. The van der Waals surface area contributed by atoms with E-state index in [-0.39, 0.29) is 38.5 Å². The molecule has 2 fully saturated rings. The highest BCUT2D eigenvalue weighted by Gasteiger charge is 2.55. The fourth-order valence-corrected chi connectivity index (χ4v) is 17.7. The molecular weight excluding hydrogens is 1640 g/mol. The Morgan fingerprint density at radius 2 is 0.664 bits per heavy atom. The molecule has 2 saturated heterocycles. The zero-order valence-corrected chi connectivity index (χ0v) is 80.5. The number of carbonyl (C=O) groups excluding carboxylic acids is 6. The molecule has 0 aromatic carbocycles. The van der Waals surface area contributed by atoms with Gasteiger partial charge in [-0.1, -0.05) is 362 Å². The number of ether oxygens (including phenoxy) is 7. The first-order valence-electron chi connectivity index (χ1n) is 50.4. The summed E-state index contributed by atoms with van der Waals surface area (Å²) in [5.41, 5.74) is 0. The van der Waals surface area contributed by atoms with Crippen LogP contribution >= 0.6 is 15.6 Å². The van der Waals surface area contributed by atoms with Gasteiger partial charge in [0.25, 0.3) is 0 Å². The van der Waals surface area contributed by atoms with Gasteiger partial charge in [0.05, 0.1) is 51.1 Å². The summed E-state index contributed by atoms with van der Waals surface area (Å²) in [6.45, 7) is 10.9. The van der Waals surface area contributed by atoms with E-state index in [0.717, 1.165) is 263 Å². The van der Waals surface area contributed by atoms with Crippen LogP contribution in [-0.2, 0) is 80.1 Å². The van der Waals surface area contributed by atoms with Crippen molar-refractivity contribution in [1.82, 2.24) is 10.6 Å². The molecule has 29 heteroatoms. The summed E-state index contributed by atoms with van der Waals surface area (Å²) >= 11 is 0. The van der Waals surface area contributed by atoms with E-state index < -0.39 is 176 Å². The lowest BCUT2D eigenvalue weighted by Gasteiger charge is -2.47. The number of carbonyl (C=O) groups is 6. The highest BCUT2D eigenvalue weighted by molar-refractivity contribution is 7.46. The third-order valence-corrected chi connectivity index (χ3v) is 25.0. The van der Waals surface area contributed by atoms with E-state index >= 15 is 9.59 Å². The highest BCUT2D eigenvalue weighted by Crippen LogP contribution is 2.44. The van der Waals surface area contributed by atoms with Crippen LogP contribution in [0.15, 0.2) is 12.2 Å². The normalized spacial score (nSPS) is 20.3. The number of phosphoric ester groups is 2. The van der Waals surface area contributed by atoms with Crippen molar-refractivity contribution in [3.63, 3.8) is 0 Å². The lowest BCUT2D eigenvalue weighted by Crippen LogP contribution is -2.68. The topological polar surface area (TPSA) is 406 Å². The average Bonchev–Trinajstić information content (AvgIpc) is 0.777. The maximum Gasteiger partial charge on any atom is 0.472 e. The van der Waals surface area contributed by atoms with Gasteiger partial charge in [-0.25, -0.2) is 9.13 Å². The third-order valence-electron chi connectivity index (χ3n) is 24.0. The number of unbranched alkanes of at least 4 members (excludes halogenated alkanes) is 49. The summed E-state index contributed by atoms with van der Waals surface area (Å²) in [7, 11) is -11.4. The Balaban J connectivity index is 2.84. The van der Waals surface area contributed by atoms with Crippen LogP contribution in [0.1, 0.15) is 465 Å². The zero-order valence-electron chi connectivity index (χ0n) is 78.7. The molecule has 0 aliphatic carbocycles. The Morgan fingerprint density at radius 1 is 0.352 bits per heavy atom. The second-order valence-electron chi connectivity index (χ2n) is 35.9. The average molecular weight is 1820 g/mol. The number of phosphoric acid groups is 2. The predicted octanol–water partition coefficient (Wildman–Crippen LogP) is 21.2. The summed E-state index contributed by atoms with van der Waals surface area (Å²) in [6.07, 6.45) is 37.8. The van der Waals surface area contributed by atoms with Crippen LogP contribution in [0.3, 0.4) is 0 Å². The van der Waals surface area contributed by atoms with E-state index in [4.69, 9.17) is 42.2 Å². The van der Waals surface area contributed by atoms with E-state index in [2.05, 4.69) is 64.3 Å². The zero-order chi connectivity index (χ0) is 91.8. The number of hydrogen-bond acceptors (Lipinski definition) is 21. The van der Waals surface area contributed by atoms with Crippen molar-refractivity contribution in [2.75, 3.05) is 13.2 Å². The molecule has 2 amide bonds. The fraction of sp³-hybridized carbons (Fsp3) is 0.917. The van der Waals surface area contributed by atoms with Gasteiger partial charge in [-0.05, 0) is 77.0 Å². The maximum absolute atomic E-state index is 15.2. The molecule has 0 bridgehead atoms. The minimum atomic E-state index is -5.69. The maximum atomic E-state index is 15.2. The number of esters is 4. The van der Waals surface area contributed by atoms with Crippen molar-refractivity contribution in [2.24, 2.45) is 0 Å². The molecule has 734 valence electrons. The Bertz CT molecular complexity index is 2800. The first-order valence-corrected chi connectivity index (χ1v) is 53.4. The Labute approximate surface area is 754 Å². The van der Waals surface area contributed by atoms with E-state index in [1.165, 1.54) is 57.8 Å². The monoisotopic (exact) mass is 1820 g/mol. The molecule has 10 unspecified atom stereocenters. The number of allylic oxidation sites excluding steroid dienone is 2. The standard InChI is InChI=1S/C96H180N2O25P2/c1-7-13-19-25-31-37-38-39-40-46-52-58-63-69-85(104)116-79(67-61-55-49-43-34-28-22-16-10-4)73-84(103)98-90-94(121-88(107)74-80(68-62-56-50-44-35-29-23-17-11-5)117-86(105)70-64-57-51-45-36-30-24-18-12-6)92(122-124(109,110)111)81(75-99)118-95(90)115-76-82-91(108)93(120-87(106)72-78(101)66-60-54-48-42-33-27-21-15-9-3)89(96(119-82)123-125(112,113)114)97-83(102)71-77(100)65-59-53-47-41-32-26-20-14-8-2/h37-38,77-82,89-96,99-101,108H,7-36,39-76H2,1-6H3,(H,97,102)(H,98,103)(H2,109,110,111)(H2,112,113,114)/b38-37-/t77?,78?,79?,80?,81?,82?,89-,90-,91+,92?,93?,94?,95+,96?/m0/s1. The minimum Gasteiger partial charge on any atom is -0.462 e. The van der Waals surface area contributed by atoms with Gasteiger partial charge in [0.2, 0.25) is 11.8 Å². The summed E-state index contributed by atoms with van der Waals surface area (Å²) in [5.74, 6) is -5.06. The molecule has 0 aromatic rings. The van der Waals surface area contributed by atoms with Gasteiger partial charge in [0.15, 0.2) is 24.8 Å². The van der Waals surface area contributed by atoms with Crippen LogP contribution < -0.4 is 10.6 Å². The molecule has 10 N–H and O–H groups in total. The van der Waals surface area contributed by atoms with E-state index in [9.17, 15) is 68.3 Å². The smallest absolute Gasteiger partial charge is 0.462 e. The fourth-order valence-electron chi connectivity index (χ4n) is 16.6. The lowest BCUT2D eigenvalue weighted by atomic mass is 9.95. The van der Waals surface area contributed by atoms with Gasteiger partial charge in [-0.2, -0.15) is 0 Å². The number of amides is 2. The van der Waals surface area contributed by atoms with Crippen LogP contribution in [0, 0.1) is 0 Å². The summed E-state index contributed by atoms with van der Waals surface area (Å²) in [5, 5.41) is 51.5. The number of hydrogen-bond donors (Lipinski definition) is 10. The molecule has 0 saturated carbocycles. The van der Waals surface area contributed by atoms with E-state index in [1.54, 1.807) is 0 Å². The number of nitrogens with one attached hydrogen (secondary N) is 2. The molecule has 2 heterocycles. The third kappa shape index (κ3) is 63.3. The minimum absolute atomic E-state index is 0.0722. The lowest BCUT2D eigenvalue weighted by molar-refractivity contribution is -0.297. The van der Waals surface area contributed by atoms with Crippen LogP contribution in [-0.4, -0.2) is 175 Å². The molecule has 2 rings (SSSR count). The van der Waals surface area contributed by atoms with E-state index in [1.807, 2.05) is 0 Å². The van der Waals surface area contributed by atoms with Crippen LogP contribution in [0.2, 0.25) is 0 Å². The van der Waals surface area contributed by atoms with Crippen molar-refractivity contribution in [2.45, 2.75) is 551 Å². The van der Waals surface area contributed by atoms with Crippen molar-refractivity contribution in [3.8, 4) is 0 Å². The van der Waals surface area contributed by atoms with Gasteiger partial charge < -0.3 is 83.8 Å². The highest BCUT2D eigenvalue weighted by atomic mass is 31.2. The second-order valence-corrected chi connectivity index (χ2v) is 38.3. The van der Waals surface area contributed by atoms with Gasteiger partial charge in [-0.15, -0.1) is 0 Å². The Kier molecular flexibility index (Phi) is 72.4. The van der Waals surface area contributed by atoms with Crippen LogP contribution in [0.4, 0.5) is 0 Å². The van der Waals surface area contributed by atoms with Gasteiger partial charge in [-0.3, -0.25) is 37.8 Å². The van der Waals surface area contributed by atoms with E-state index in [0.29, 0.717) is 38.5 Å². The number of aliphatic hydroxyl groups excluding tert-OH is 4. The quantitative estimate of drug-likeness (QED) is 0.00889. The predicted molar refractivity (Wildman–Crippen MR) is 490 cm³/mol. The van der Waals surface area contributed by atoms with Crippen LogP contribution in [0.5, 0.6) is 0 Å².